The van der Waals surface area contributed by atoms with Gasteiger partial charge < -0.3 is 0 Å². The molecule has 0 aromatic carbocycles. The van der Waals surface area contributed by atoms with E-state index in [0.29, 0.717) is 5.69 Å². The quantitative estimate of drug-likeness (QED) is 0.841. The summed E-state index contributed by atoms with van der Waals surface area (Å²) in [4.78, 5) is 15.5. The van der Waals surface area contributed by atoms with Gasteiger partial charge in [-0.3, -0.25) is 9.78 Å². The first kappa shape index (κ1) is 12.2. The van der Waals surface area contributed by atoms with Crippen LogP contribution >= 0.6 is 0 Å². The Morgan fingerprint density at radius 3 is 2.78 bits per heavy atom. The maximum atomic E-state index is 11.5. The highest BCUT2D eigenvalue weighted by atomic mass is 32.2. The molecule has 0 fully saturated rings. The number of hydrogen-bond donors (Lipinski definition) is 1. The molecule has 7 nitrogen and oxygen atoms in total. The summed E-state index contributed by atoms with van der Waals surface area (Å²) < 4.78 is 25.1. The molecule has 0 unspecified atom stereocenters. The van der Waals surface area contributed by atoms with Crippen LogP contribution < -0.4 is 4.72 Å². The van der Waals surface area contributed by atoms with Crippen LogP contribution in [-0.2, 0) is 10.0 Å². The summed E-state index contributed by atoms with van der Waals surface area (Å²) in [5.41, 5.74) is 0.834. The summed E-state index contributed by atoms with van der Waals surface area (Å²) in [5.74, 6) is -0.715. The number of hydrogen-bond acceptors (Lipinski definition) is 5. The average molecular weight is 266 g/mol. The van der Waals surface area contributed by atoms with Crippen LogP contribution in [0.25, 0.3) is 5.69 Å². The van der Waals surface area contributed by atoms with E-state index in [0.717, 1.165) is 6.26 Å². The van der Waals surface area contributed by atoms with Crippen molar-refractivity contribution >= 4 is 15.9 Å². The van der Waals surface area contributed by atoms with E-state index in [2.05, 4.69) is 10.1 Å². The van der Waals surface area contributed by atoms with Gasteiger partial charge in [-0.1, -0.05) is 0 Å². The molecule has 94 valence electrons. The van der Waals surface area contributed by atoms with Crippen LogP contribution in [0.15, 0.2) is 36.9 Å². The third-order valence-corrected chi connectivity index (χ3v) is 2.59. The van der Waals surface area contributed by atoms with Crippen LogP contribution in [0.2, 0.25) is 0 Å². The lowest BCUT2D eigenvalue weighted by Crippen LogP contribution is -2.28. The predicted molar refractivity (Wildman–Crippen MR) is 63.7 cm³/mol. The van der Waals surface area contributed by atoms with Gasteiger partial charge in [0, 0.05) is 12.4 Å². The van der Waals surface area contributed by atoms with Crippen LogP contribution in [0, 0.1) is 0 Å². The molecule has 0 aliphatic carbocycles. The summed E-state index contributed by atoms with van der Waals surface area (Å²) >= 11 is 0. The highest BCUT2D eigenvalue weighted by Crippen LogP contribution is 2.06. The topological polar surface area (TPSA) is 94.0 Å². The average Bonchev–Trinajstić information content (AvgIpc) is 2.77. The largest absolute Gasteiger partial charge is 0.268 e. The Hall–Kier alpha value is -2.22. The second-order valence-corrected chi connectivity index (χ2v) is 5.34. The minimum atomic E-state index is -3.58. The first-order valence-corrected chi connectivity index (χ1v) is 6.82. The minimum absolute atomic E-state index is 0.157. The zero-order valence-corrected chi connectivity index (χ0v) is 10.3. The molecule has 0 aliphatic rings. The van der Waals surface area contributed by atoms with Crippen molar-refractivity contribution in [2.75, 3.05) is 6.26 Å². The van der Waals surface area contributed by atoms with Crippen LogP contribution in [0.3, 0.4) is 0 Å². The van der Waals surface area contributed by atoms with Gasteiger partial charge in [0.05, 0.1) is 29.9 Å². The molecule has 0 radical (unpaired) electrons. The maximum Gasteiger partial charge on any atom is 0.267 e. The molecule has 0 aliphatic heterocycles. The van der Waals surface area contributed by atoms with Crippen LogP contribution in [0.1, 0.15) is 10.4 Å². The van der Waals surface area contributed by atoms with E-state index in [-0.39, 0.29) is 5.56 Å². The Bertz CT molecular complexity index is 663. The Labute approximate surface area is 104 Å². The van der Waals surface area contributed by atoms with Gasteiger partial charge in [0.1, 0.15) is 0 Å². The molecule has 1 amide bonds. The van der Waals surface area contributed by atoms with E-state index < -0.39 is 15.9 Å². The number of carbonyl (C=O) groups is 1. The molecule has 0 saturated carbocycles. The van der Waals surface area contributed by atoms with Crippen molar-refractivity contribution in [2.24, 2.45) is 0 Å². The highest BCUT2D eigenvalue weighted by molar-refractivity contribution is 7.89. The molecule has 8 heteroatoms. The molecule has 2 aromatic rings. The first-order chi connectivity index (χ1) is 8.46. The molecule has 0 bridgehead atoms. The zero-order chi connectivity index (χ0) is 13.2. The molecule has 0 atom stereocenters. The lowest BCUT2D eigenvalue weighted by atomic mass is 10.3. The molecule has 2 heterocycles. The Morgan fingerprint density at radius 2 is 2.17 bits per heavy atom. The molecular formula is C10H10N4O3S. The maximum absolute atomic E-state index is 11.5. The van der Waals surface area contributed by atoms with E-state index in [4.69, 9.17) is 0 Å². The smallest absolute Gasteiger partial charge is 0.267 e. The van der Waals surface area contributed by atoms with Gasteiger partial charge in [0.25, 0.3) is 5.91 Å². The van der Waals surface area contributed by atoms with Crippen molar-refractivity contribution in [2.45, 2.75) is 0 Å². The van der Waals surface area contributed by atoms with E-state index in [9.17, 15) is 13.2 Å². The zero-order valence-electron chi connectivity index (χ0n) is 9.44. The van der Waals surface area contributed by atoms with Gasteiger partial charge in [-0.15, -0.1) is 0 Å². The van der Waals surface area contributed by atoms with Crippen molar-refractivity contribution in [3.05, 3.63) is 42.5 Å². The molecule has 0 spiro atoms. The first-order valence-electron chi connectivity index (χ1n) is 4.93. The van der Waals surface area contributed by atoms with Crippen molar-refractivity contribution in [1.29, 1.82) is 0 Å². The third kappa shape index (κ3) is 2.92. The van der Waals surface area contributed by atoms with Gasteiger partial charge >= 0.3 is 0 Å². The number of nitrogens with zero attached hydrogens (tertiary/aromatic N) is 3. The fourth-order valence-corrected chi connectivity index (χ4v) is 1.75. The van der Waals surface area contributed by atoms with Crippen LogP contribution in [0.4, 0.5) is 0 Å². The summed E-state index contributed by atoms with van der Waals surface area (Å²) in [6.45, 7) is 0. The number of carbonyl (C=O) groups excluding carboxylic acids is 1. The Kier molecular flexibility index (Phi) is 3.11. The van der Waals surface area contributed by atoms with E-state index >= 15 is 0 Å². The number of rotatable bonds is 3. The number of sulfonamides is 1. The second-order valence-electron chi connectivity index (χ2n) is 3.59. The van der Waals surface area contributed by atoms with Gasteiger partial charge in [-0.25, -0.2) is 17.8 Å². The molecule has 2 aromatic heterocycles. The molecule has 0 saturated heterocycles. The van der Waals surface area contributed by atoms with Crippen molar-refractivity contribution in [3.63, 3.8) is 0 Å². The normalized spacial score (nSPS) is 11.2. The minimum Gasteiger partial charge on any atom is -0.268 e. The van der Waals surface area contributed by atoms with Crippen molar-refractivity contribution in [1.82, 2.24) is 19.5 Å². The van der Waals surface area contributed by atoms with Gasteiger partial charge in [-0.05, 0) is 12.1 Å². The van der Waals surface area contributed by atoms with Gasteiger partial charge in [0.15, 0.2) is 0 Å². The van der Waals surface area contributed by atoms with Crippen molar-refractivity contribution in [3.8, 4) is 5.69 Å². The molecule has 1 N–H and O–H groups in total. The summed E-state index contributed by atoms with van der Waals surface area (Å²) in [5, 5.41) is 3.96. The monoisotopic (exact) mass is 266 g/mol. The standard InChI is InChI=1S/C10H10N4O3S/c1-18(16,17)13-10(15)8-5-12-14(7-8)9-3-2-4-11-6-9/h2-7H,1H3,(H,13,15). The van der Waals surface area contributed by atoms with Gasteiger partial charge in [-0.2, -0.15) is 5.10 Å². The second kappa shape index (κ2) is 4.57. The molecular weight excluding hydrogens is 256 g/mol. The Morgan fingerprint density at radius 1 is 1.39 bits per heavy atom. The predicted octanol–water partition coefficient (Wildman–Crippen LogP) is -0.0433. The highest BCUT2D eigenvalue weighted by Gasteiger charge is 2.13. The summed E-state index contributed by atoms with van der Waals surface area (Å²) in [6, 6.07) is 3.49. The fraction of sp³-hybridized carbons (Fsp3) is 0.100. The number of pyridine rings is 1. The van der Waals surface area contributed by atoms with E-state index in [1.807, 2.05) is 4.72 Å². The number of amides is 1. The molecule has 18 heavy (non-hydrogen) atoms. The van der Waals surface area contributed by atoms with Gasteiger partial charge in [0.2, 0.25) is 10.0 Å². The third-order valence-electron chi connectivity index (χ3n) is 2.03. The number of aromatic nitrogens is 3. The SMILES string of the molecule is CS(=O)(=O)NC(=O)c1cnn(-c2cccnc2)c1. The van der Waals surface area contributed by atoms with Crippen molar-refractivity contribution < 1.29 is 13.2 Å². The lowest BCUT2D eigenvalue weighted by Gasteiger charge is -1.99. The fourth-order valence-electron chi connectivity index (χ4n) is 1.30. The summed E-state index contributed by atoms with van der Waals surface area (Å²) in [6.07, 6.45) is 6.82. The number of nitrogens with one attached hydrogen (secondary N) is 1. The van der Waals surface area contributed by atoms with E-state index in [1.165, 1.54) is 17.1 Å². The lowest BCUT2D eigenvalue weighted by molar-refractivity contribution is 0.0981. The van der Waals surface area contributed by atoms with E-state index in [1.54, 1.807) is 24.5 Å². The Balaban J connectivity index is 2.24. The summed E-state index contributed by atoms with van der Waals surface area (Å²) in [7, 11) is -3.58. The molecule has 2 rings (SSSR count). The van der Waals surface area contributed by atoms with Crippen LogP contribution in [-0.4, -0.2) is 35.3 Å². The van der Waals surface area contributed by atoms with Crippen LogP contribution in [0.5, 0.6) is 0 Å².